The Morgan fingerprint density at radius 2 is 1.91 bits per heavy atom. The van der Waals surface area contributed by atoms with Crippen LogP contribution in [-0.2, 0) is 11.2 Å². The minimum absolute atomic E-state index is 0.248. The maximum Gasteiger partial charge on any atom is 0.490 e. The third kappa shape index (κ3) is 4.57. The van der Waals surface area contributed by atoms with E-state index in [1.54, 1.807) is 0 Å². The van der Waals surface area contributed by atoms with Crippen LogP contribution in [0.2, 0.25) is 5.02 Å². The Hall–Kier alpha value is -1.34. The van der Waals surface area contributed by atoms with Crippen LogP contribution < -0.4 is 5.32 Å². The van der Waals surface area contributed by atoms with E-state index in [4.69, 9.17) is 21.5 Å². The number of benzene rings is 1. The molecule has 0 unspecified atom stereocenters. The van der Waals surface area contributed by atoms with Crippen molar-refractivity contribution in [2.45, 2.75) is 25.4 Å². The summed E-state index contributed by atoms with van der Waals surface area (Å²) in [5.41, 5.74) is 1.70. The number of carboxylic acids is 1. The summed E-state index contributed by atoms with van der Waals surface area (Å²) in [4.78, 5) is 8.90. The highest BCUT2D eigenvalue weighted by Crippen LogP contribution is 2.49. The van der Waals surface area contributed by atoms with Gasteiger partial charge in [0, 0.05) is 18.1 Å². The molecular weight excluding hydrogens is 338 g/mol. The molecule has 128 valence electrons. The van der Waals surface area contributed by atoms with Gasteiger partial charge in [0.05, 0.1) is 0 Å². The summed E-state index contributed by atoms with van der Waals surface area (Å²) < 4.78 is 44.6. The quantitative estimate of drug-likeness (QED) is 0.798. The third-order valence-electron chi connectivity index (χ3n) is 4.21. The summed E-state index contributed by atoms with van der Waals surface area (Å²) in [6, 6.07) is 4.73. The summed E-state index contributed by atoms with van der Waals surface area (Å²) >= 11 is 6.02. The lowest BCUT2D eigenvalue weighted by molar-refractivity contribution is -0.192. The number of nitrogens with one attached hydrogen (secondary N) is 1. The molecule has 0 bridgehead atoms. The van der Waals surface area contributed by atoms with Gasteiger partial charge in [-0.15, -0.1) is 0 Å². The van der Waals surface area contributed by atoms with Crippen molar-refractivity contribution >= 4 is 17.6 Å². The van der Waals surface area contributed by atoms with E-state index in [0.717, 1.165) is 17.9 Å². The Morgan fingerprint density at radius 1 is 1.35 bits per heavy atom. The van der Waals surface area contributed by atoms with E-state index in [1.807, 2.05) is 6.07 Å². The number of carboxylic acid groups (broad SMARTS) is 1. The molecule has 23 heavy (non-hydrogen) atoms. The second-order valence-corrected chi connectivity index (χ2v) is 6.53. The van der Waals surface area contributed by atoms with E-state index >= 15 is 0 Å². The minimum Gasteiger partial charge on any atom is -0.475 e. The van der Waals surface area contributed by atoms with E-state index in [9.17, 15) is 17.6 Å². The summed E-state index contributed by atoms with van der Waals surface area (Å²) in [7, 11) is 0. The predicted molar refractivity (Wildman–Crippen MR) is 76.8 cm³/mol. The number of hydrogen-bond donors (Lipinski definition) is 2. The SMILES string of the molecule is Fc1ccc(CC2CC3(CNC3)C2)c(Cl)c1.O=C(O)C(F)(F)F. The van der Waals surface area contributed by atoms with Crippen molar-refractivity contribution in [3.8, 4) is 0 Å². The van der Waals surface area contributed by atoms with Crippen LogP contribution in [-0.4, -0.2) is 30.3 Å². The molecule has 1 saturated carbocycles. The number of rotatable bonds is 2. The fraction of sp³-hybridized carbons (Fsp3) is 0.533. The van der Waals surface area contributed by atoms with Gasteiger partial charge in [0.15, 0.2) is 0 Å². The van der Waals surface area contributed by atoms with Gasteiger partial charge in [0.25, 0.3) is 0 Å². The summed E-state index contributed by atoms with van der Waals surface area (Å²) in [5, 5.41) is 11.0. The van der Waals surface area contributed by atoms with Gasteiger partial charge in [-0.1, -0.05) is 17.7 Å². The van der Waals surface area contributed by atoms with Gasteiger partial charge in [-0.2, -0.15) is 13.2 Å². The lowest BCUT2D eigenvalue weighted by atomic mass is 9.57. The molecule has 1 aliphatic heterocycles. The third-order valence-corrected chi connectivity index (χ3v) is 4.56. The Labute approximate surface area is 135 Å². The molecule has 1 aliphatic carbocycles. The second-order valence-electron chi connectivity index (χ2n) is 6.12. The maximum atomic E-state index is 12.9. The zero-order chi connectivity index (χ0) is 17.3. The molecule has 1 aromatic carbocycles. The minimum atomic E-state index is -5.08. The van der Waals surface area contributed by atoms with Crippen LogP contribution in [0, 0.1) is 17.2 Å². The van der Waals surface area contributed by atoms with Crippen molar-refractivity contribution in [1.82, 2.24) is 5.32 Å². The molecule has 0 radical (unpaired) electrons. The summed E-state index contributed by atoms with van der Waals surface area (Å²) in [5.74, 6) is -2.26. The first-order chi connectivity index (χ1) is 10.6. The molecule has 1 heterocycles. The van der Waals surface area contributed by atoms with Crippen molar-refractivity contribution < 1.29 is 27.5 Å². The van der Waals surface area contributed by atoms with Crippen LogP contribution in [0.4, 0.5) is 17.6 Å². The van der Waals surface area contributed by atoms with Crippen molar-refractivity contribution in [3.63, 3.8) is 0 Å². The molecule has 8 heteroatoms. The number of carbonyl (C=O) groups is 1. The smallest absolute Gasteiger partial charge is 0.475 e. The standard InChI is InChI=1S/C13H15ClFN.C2HF3O2/c14-12-4-11(15)2-1-10(12)3-9-5-13(6-9)7-16-8-13;3-2(4,5)1(6)7/h1-2,4,9,16H,3,5-8H2;(H,6,7). The van der Waals surface area contributed by atoms with Gasteiger partial charge in [-0.3, -0.25) is 0 Å². The zero-order valence-electron chi connectivity index (χ0n) is 12.1. The van der Waals surface area contributed by atoms with Crippen molar-refractivity contribution in [3.05, 3.63) is 34.6 Å². The van der Waals surface area contributed by atoms with E-state index < -0.39 is 12.1 Å². The van der Waals surface area contributed by atoms with Crippen LogP contribution in [0.15, 0.2) is 18.2 Å². The van der Waals surface area contributed by atoms with Gasteiger partial charge in [0.1, 0.15) is 5.82 Å². The summed E-state index contributed by atoms with van der Waals surface area (Å²) in [6.07, 6.45) is -1.48. The van der Waals surface area contributed by atoms with Crippen LogP contribution in [0.5, 0.6) is 0 Å². The highest BCUT2D eigenvalue weighted by molar-refractivity contribution is 6.31. The normalized spacial score (nSPS) is 19.3. The van der Waals surface area contributed by atoms with Gasteiger partial charge >= 0.3 is 12.1 Å². The number of aliphatic carboxylic acids is 1. The second kappa shape index (κ2) is 6.65. The Morgan fingerprint density at radius 3 is 2.30 bits per heavy atom. The fourth-order valence-corrected chi connectivity index (χ4v) is 3.32. The molecule has 3 rings (SSSR count). The first kappa shape index (κ1) is 18.0. The molecule has 2 fully saturated rings. The first-order valence-corrected chi connectivity index (χ1v) is 7.44. The van der Waals surface area contributed by atoms with E-state index in [1.165, 1.54) is 38.1 Å². The highest BCUT2D eigenvalue weighted by atomic mass is 35.5. The Bertz CT molecular complexity index is 579. The van der Waals surface area contributed by atoms with Crippen LogP contribution in [0.3, 0.4) is 0 Å². The number of hydrogen-bond acceptors (Lipinski definition) is 2. The lowest BCUT2D eigenvalue weighted by Gasteiger charge is -2.54. The maximum absolute atomic E-state index is 12.9. The average Bonchev–Trinajstić information content (AvgIpc) is 2.32. The molecule has 1 aromatic rings. The van der Waals surface area contributed by atoms with Crippen molar-refractivity contribution in [1.29, 1.82) is 0 Å². The molecule has 0 atom stereocenters. The van der Waals surface area contributed by atoms with E-state index in [0.29, 0.717) is 10.4 Å². The number of halogens is 5. The monoisotopic (exact) mass is 353 g/mol. The van der Waals surface area contributed by atoms with Gasteiger partial charge in [0.2, 0.25) is 0 Å². The van der Waals surface area contributed by atoms with Crippen LogP contribution in [0.1, 0.15) is 18.4 Å². The van der Waals surface area contributed by atoms with Crippen molar-refractivity contribution in [2.75, 3.05) is 13.1 Å². The lowest BCUT2D eigenvalue weighted by Crippen LogP contribution is -2.60. The average molecular weight is 354 g/mol. The fourth-order valence-electron chi connectivity index (χ4n) is 3.07. The molecule has 2 N–H and O–H groups in total. The predicted octanol–water partition coefficient (Wildman–Crippen LogP) is 3.65. The molecule has 1 saturated heterocycles. The van der Waals surface area contributed by atoms with Crippen LogP contribution >= 0.6 is 11.6 Å². The molecular formula is C15H16ClF4NO2. The Balaban J connectivity index is 0.000000236. The van der Waals surface area contributed by atoms with Crippen molar-refractivity contribution in [2.24, 2.45) is 11.3 Å². The molecule has 0 aromatic heterocycles. The van der Waals surface area contributed by atoms with Gasteiger partial charge < -0.3 is 10.4 Å². The topological polar surface area (TPSA) is 49.3 Å². The zero-order valence-corrected chi connectivity index (χ0v) is 12.8. The summed E-state index contributed by atoms with van der Waals surface area (Å²) in [6.45, 7) is 2.36. The van der Waals surface area contributed by atoms with E-state index in [-0.39, 0.29) is 5.82 Å². The molecule has 1 spiro atoms. The molecule has 3 nitrogen and oxygen atoms in total. The highest BCUT2D eigenvalue weighted by Gasteiger charge is 2.47. The first-order valence-electron chi connectivity index (χ1n) is 7.06. The largest absolute Gasteiger partial charge is 0.490 e. The van der Waals surface area contributed by atoms with Gasteiger partial charge in [-0.05, 0) is 48.3 Å². The Kier molecular flexibility index (Phi) is 5.20. The molecule has 2 aliphatic rings. The van der Waals surface area contributed by atoms with Crippen LogP contribution in [0.25, 0.3) is 0 Å². The number of alkyl halides is 3. The molecule has 0 amide bonds. The van der Waals surface area contributed by atoms with E-state index in [2.05, 4.69) is 5.32 Å². The van der Waals surface area contributed by atoms with Gasteiger partial charge in [-0.25, -0.2) is 9.18 Å².